The molecule has 2 heterocycles. The Bertz CT molecular complexity index is 1140. The molecule has 3 aromatic rings. The lowest BCUT2D eigenvalue weighted by atomic mass is 9.98. The van der Waals surface area contributed by atoms with E-state index in [2.05, 4.69) is 10.3 Å². The number of amides is 2. The third kappa shape index (κ3) is 3.81. The SMILES string of the molecule is O=C1NC(=S)N(c2ccc(Cl)cc2)C(=O)C1=Cc1ccccc1-c1cccnc1. The standard InChI is InChI=1S/C22H14ClN3O2S/c23-16-7-9-17(10-8-16)26-21(28)19(20(27)25-22(26)29)12-14-4-1-2-6-18(14)15-5-3-11-24-13-15/h1-13H,(H,25,27,29). The molecular formula is C22H14ClN3O2S. The number of nitrogens with zero attached hydrogens (tertiary/aromatic N) is 2. The quantitative estimate of drug-likeness (QED) is 0.392. The van der Waals surface area contributed by atoms with Gasteiger partial charge in [0.1, 0.15) is 5.57 Å². The number of anilines is 1. The largest absolute Gasteiger partial charge is 0.298 e. The van der Waals surface area contributed by atoms with Gasteiger partial charge in [-0.3, -0.25) is 24.8 Å². The van der Waals surface area contributed by atoms with E-state index in [1.165, 1.54) is 4.90 Å². The summed E-state index contributed by atoms with van der Waals surface area (Å²) in [6.45, 7) is 0. The maximum absolute atomic E-state index is 13.1. The van der Waals surface area contributed by atoms with Gasteiger partial charge in [0.25, 0.3) is 11.8 Å². The van der Waals surface area contributed by atoms with E-state index in [1.54, 1.807) is 42.7 Å². The van der Waals surface area contributed by atoms with Crippen molar-refractivity contribution in [2.24, 2.45) is 0 Å². The van der Waals surface area contributed by atoms with Gasteiger partial charge in [0.15, 0.2) is 5.11 Å². The number of pyridine rings is 1. The summed E-state index contributed by atoms with van der Waals surface area (Å²) in [4.78, 5) is 31.1. The van der Waals surface area contributed by atoms with Gasteiger partial charge in [-0.15, -0.1) is 0 Å². The molecule has 4 rings (SSSR count). The first-order valence-electron chi connectivity index (χ1n) is 8.71. The molecule has 1 aliphatic heterocycles. The van der Waals surface area contributed by atoms with Gasteiger partial charge < -0.3 is 0 Å². The Morgan fingerprint density at radius 1 is 1.00 bits per heavy atom. The van der Waals surface area contributed by atoms with Gasteiger partial charge in [0, 0.05) is 23.0 Å². The minimum absolute atomic E-state index is 0.00936. The van der Waals surface area contributed by atoms with Crippen LogP contribution < -0.4 is 10.2 Å². The van der Waals surface area contributed by atoms with Crippen LogP contribution in [-0.4, -0.2) is 21.9 Å². The molecule has 5 nitrogen and oxygen atoms in total. The zero-order valence-corrected chi connectivity index (χ0v) is 16.6. The highest BCUT2D eigenvalue weighted by atomic mass is 35.5. The van der Waals surface area contributed by atoms with Crippen LogP contribution in [-0.2, 0) is 9.59 Å². The zero-order valence-electron chi connectivity index (χ0n) is 15.0. The molecule has 1 aliphatic rings. The van der Waals surface area contributed by atoms with Crippen LogP contribution in [0, 0.1) is 0 Å². The number of thiocarbonyl (C=S) groups is 1. The lowest BCUT2D eigenvalue weighted by molar-refractivity contribution is -0.122. The number of hydrogen-bond donors (Lipinski definition) is 1. The Balaban J connectivity index is 1.78. The van der Waals surface area contributed by atoms with Gasteiger partial charge in [-0.1, -0.05) is 41.9 Å². The zero-order chi connectivity index (χ0) is 20.4. The van der Waals surface area contributed by atoms with Crippen LogP contribution >= 0.6 is 23.8 Å². The van der Waals surface area contributed by atoms with Gasteiger partial charge in [-0.2, -0.15) is 0 Å². The van der Waals surface area contributed by atoms with E-state index in [0.717, 1.165) is 16.7 Å². The third-order valence-corrected chi connectivity index (χ3v) is 4.96. The minimum atomic E-state index is -0.536. The summed E-state index contributed by atoms with van der Waals surface area (Å²) in [7, 11) is 0. The van der Waals surface area contributed by atoms with E-state index in [9.17, 15) is 9.59 Å². The van der Waals surface area contributed by atoms with Crippen molar-refractivity contribution in [1.82, 2.24) is 10.3 Å². The van der Waals surface area contributed by atoms with Crippen molar-refractivity contribution in [3.8, 4) is 11.1 Å². The summed E-state index contributed by atoms with van der Waals surface area (Å²) in [6, 6.07) is 17.9. The predicted molar refractivity (Wildman–Crippen MR) is 117 cm³/mol. The molecule has 1 aromatic heterocycles. The topological polar surface area (TPSA) is 62.3 Å². The van der Waals surface area contributed by atoms with Gasteiger partial charge in [-0.05, 0) is 59.8 Å². The number of hydrogen-bond acceptors (Lipinski definition) is 4. The van der Waals surface area contributed by atoms with Gasteiger partial charge in [0.2, 0.25) is 0 Å². The molecule has 2 amide bonds. The summed E-state index contributed by atoms with van der Waals surface area (Å²) in [6.07, 6.45) is 4.99. The van der Waals surface area contributed by atoms with Crippen molar-refractivity contribution in [1.29, 1.82) is 0 Å². The second kappa shape index (κ2) is 7.95. The second-order valence-electron chi connectivity index (χ2n) is 6.26. The summed E-state index contributed by atoms with van der Waals surface area (Å²) in [5.41, 5.74) is 2.98. The fraction of sp³-hybridized carbons (Fsp3) is 0. The molecule has 0 unspecified atom stereocenters. The molecule has 0 atom stereocenters. The van der Waals surface area contributed by atoms with Crippen molar-refractivity contribution < 1.29 is 9.59 Å². The first kappa shape index (κ1) is 19.0. The van der Waals surface area contributed by atoms with Crippen LogP contribution in [0.1, 0.15) is 5.56 Å². The van der Waals surface area contributed by atoms with E-state index in [4.69, 9.17) is 23.8 Å². The molecule has 29 heavy (non-hydrogen) atoms. The number of nitrogens with one attached hydrogen (secondary N) is 1. The van der Waals surface area contributed by atoms with E-state index in [0.29, 0.717) is 10.7 Å². The van der Waals surface area contributed by atoms with Crippen LogP contribution in [0.5, 0.6) is 0 Å². The molecule has 1 fully saturated rings. The van der Waals surface area contributed by atoms with Gasteiger partial charge in [0.05, 0.1) is 5.69 Å². The van der Waals surface area contributed by atoms with Crippen molar-refractivity contribution in [3.63, 3.8) is 0 Å². The second-order valence-corrected chi connectivity index (χ2v) is 7.09. The highest BCUT2D eigenvalue weighted by Crippen LogP contribution is 2.27. The molecule has 142 valence electrons. The number of halogens is 1. The monoisotopic (exact) mass is 419 g/mol. The lowest BCUT2D eigenvalue weighted by Gasteiger charge is -2.29. The maximum Gasteiger partial charge on any atom is 0.270 e. The Morgan fingerprint density at radius 3 is 2.48 bits per heavy atom. The predicted octanol–water partition coefficient (Wildman–Crippen LogP) is 4.23. The molecule has 0 aliphatic carbocycles. The van der Waals surface area contributed by atoms with Crippen LogP contribution in [0.15, 0.2) is 78.6 Å². The first-order chi connectivity index (χ1) is 14.0. The Hall–Kier alpha value is -3.35. The first-order valence-corrected chi connectivity index (χ1v) is 9.49. The van der Waals surface area contributed by atoms with Crippen LogP contribution in [0.4, 0.5) is 5.69 Å². The molecule has 0 spiro atoms. The van der Waals surface area contributed by atoms with Crippen LogP contribution in [0.25, 0.3) is 17.2 Å². The molecule has 1 saturated heterocycles. The highest BCUT2D eigenvalue weighted by Gasteiger charge is 2.34. The number of carbonyl (C=O) groups is 2. The number of benzene rings is 2. The van der Waals surface area contributed by atoms with E-state index >= 15 is 0 Å². The average Bonchev–Trinajstić information content (AvgIpc) is 2.73. The summed E-state index contributed by atoms with van der Waals surface area (Å²) >= 11 is 11.2. The highest BCUT2D eigenvalue weighted by molar-refractivity contribution is 7.80. The normalized spacial score (nSPS) is 15.6. The third-order valence-electron chi connectivity index (χ3n) is 4.42. The van der Waals surface area contributed by atoms with Crippen molar-refractivity contribution in [3.05, 3.63) is 89.2 Å². The van der Waals surface area contributed by atoms with Crippen molar-refractivity contribution in [2.45, 2.75) is 0 Å². The fourth-order valence-corrected chi connectivity index (χ4v) is 3.45. The smallest absolute Gasteiger partial charge is 0.270 e. The van der Waals surface area contributed by atoms with Crippen LogP contribution in [0.2, 0.25) is 5.02 Å². The fourth-order valence-electron chi connectivity index (χ4n) is 3.05. The summed E-state index contributed by atoms with van der Waals surface area (Å²) < 4.78 is 0. The molecule has 0 saturated carbocycles. The Labute approximate surface area is 177 Å². The summed E-state index contributed by atoms with van der Waals surface area (Å²) in [5, 5.41) is 3.15. The molecule has 1 N–H and O–H groups in total. The van der Waals surface area contributed by atoms with Crippen LogP contribution in [0.3, 0.4) is 0 Å². The van der Waals surface area contributed by atoms with Crippen molar-refractivity contribution in [2.75, 3.05) is 4.90 Å². The molecule has 0 radical (unpaired) electrons. The molecule has 0 bridgehead atoms. The van der Waals surface area contributed by atoms with E-state index < -0.39 is 11.8 Å². The average molecular weight is 420 g/mol. The van der Waals surface area contributed by atoms with Gasteiger partial charge in [-0.25, -0.2) is 0 Å². The van der Waals surface area contributed by atoms with E-state index in [-0.39, 0.29) is 10.7 Å². The lowest BCUT2D eigenvalue weighted by Crippen LogP contribution is -2.54. The minimum Gasteiger partial charge on any atom is -0.298 e. The van der Waals surface area contributed by atoms with E-state index in [1.807, 2.05) is 36.4 Å². The van der Waals surface area contributed by atoms with Gasteiger partial charge >= 0.3 is 0 Å². The Kier molecular flexibility index (Phi) is 5.20. The number of carbonyl (C=O) groups excluding carboxylic acids is 2. The number of rotatable bonds is 3. The maximum atomic E-state index is 13.1. The molecule has 7 heteroatoms. The molecular weight excluding hydrogens is 406 g/mol. The molecule has 2 aromatic carbocycles. The Morgan fingerprint density at radius 2 is 1.76 bits per heavy atom. The summed E-state index contributed by atoms with van der Waals surface area (Å²) in [5.74, 6) is -1.03. The van der Waals surface area contributed by atoms with Crippen molar-refractivity contribution >= 4 is 52.5 Å². The number of aromatic nitrogens is 1.